The number of H-pyrrole nitrogens is 1. The van der Waals surface area contributed by atoms with Crippen molar-refractivity contribution in [2.75, 3.05) is 11.3 Å². The van der Waals surface area contributed by atoms with Crippen LogP contribution in [0.25, 0.3) is 22.2 Å². The zero-order valence-electron chi connectivity index (χ0n) is 18.5. The van der Waals surface area contributed by atoms with Gasteiger partial charge in [0.1, 0.15) is 17.3 Å². The maximum Gasteiger partial charge on any atom is 0.299 e. The number of rotatable bonds is 8. The molecule has 9 nitrogen and oxygen atoms in total. The third-order valence-corrected chi connectivity index (χ3v) is 6.78. The van der Waals surface area contributed by atoms with Gasteiger partial charge >= 0.3 is 0 Å². The molecule has 0 saturated heterocycles. The lowest BCUT2D eigenvalue weighted by Crippen LogP contribution is -2.30. The van der Waals surface area contributed by atoms with Crippen LogP contribution in [0.3, 0.4) is 0 Å². The maximum atomic E-state index is 15.1. The van der Waals surface area contributed by atoms with E-state index in [9.17, 15) is 17.6 Å². The fourth-order valence-corrected chi connectivity index (χ4v) is 4.63. The number of ketones is 1. The number of aromatic amines is 1. The van der Waals surface area contributed by atoms with Gasteiger partial charge in [0.05, 0.1) is 11.3 Å². The normalized spacial score (nSPS) is 13.8. The minimum atomic E-state index is -4.09. The predicted molar refractivity (Wildman–Crippen MR) is 125 cm³/mol. The van der Waals surface area contributed by atoms with Crippen LogP contribution < -0.4 is 9.44 Å². The standard InChI is InChI=1S/C23H20F2N6O3S/c1-2-30-35(33,34)31-18-6-5-17(24)19(20(18)25)21(32)16-11-29-23-15(16)7-13(8-28-23)14-9-26-22(27-10-14)12-3-4-12/h5-12,30-31H,2-4H2,1H3,(H,28,29). The van der Waals surface area contributed by atoms with Gasteiger partial charge in [0.2, 0.25) is 5.78 Å². The van der Waals surface area contributed by atoms with E-state index in [0.717, 1.165) is 30.8 Å². The van der Waals surface area contributed by atoms with Crippen molar-refractivity contribution >= 4 is 32.7 Å². The minimum absolute atomic E-state index is 0.0191. The summed E-state index contributed by atoms with van der Waals surface area (Å²) in [5.74, 6) is -2.22. The van der Waals surface area contributed by atoms with E-state index in [0.29, 0.717) is 28.1 Å². The summed E-state index contributed by atoms with van der Waals surface area (Å²) in [6.07, 6.45) is 8.40. The molecule has 1 aliphatic carbocycles. The van der Waals surface area contributed by atoms with E-state index in [-0.39, 0.29) is 12.1 Å². The average molecular weight is 499 g/mol. The van der Waals surface area contributed by atoms with Crippen molar-refractivity contribution in [1.82, 2.24) is 24.7 Å². The van der Waals surface area contributed by atoms with Crippen molar-refractivity contribution in [3.63, 3.8) is 0 Å². The molecule has 35 heavy (non-hydrogen) atoms. The summed E-state index contributed by atoms with van der Waals surface area (Å²) in [4.78, 5) is 29.2. The SMILES string of the molecule is CCNS(=O)(=O)Nc1ccc(F)c(C(=O)c2c[nH]c3ncc(-c4cnc(C5CC5)nc4)cc23)c1F. The summed E-state index contributed by atoms with van der Waals surface area (Å²) in [6.45, 7) is 1.60. The highest BCUT2D eigenvalue weighted by molar-refractivity contribution is 7.90. The molecule has 180 valence electrons. The quantitative estimate of drug-likeness (QED) is 0.318. The lowest BCUT2D eigenvalue weighted by atomic mass is 10.0. The Morgan fingerprint density at radius 1 is 1.11 bits per heavy atom. The molecule has 1 aliphatic rings. The third kappa shape index (κ3) is 4.49. The molecule has 0 atom stereocenters. The van der Waals surface area contributed by atoms with E-state index in [1.165, 1.54) is 6.20 Å². The van der Waals surface area contributed by atoms with E-state index >= 15 is 4.39 Å². The number of fused-ring (bicyclic) bond motifs is 1. The number of benzene rings is 1. The van der Waals surface area contributed by atoms with Crippen molar-refractivity contribution in [2.45, 2.75) is 25.7 Å². The number of hydrogen-bond acceptors (Lipinski definition) is 6. The van der Waals surface area contributed by atoms with E-state index in [2.05, 4.69) is 24.7 Å². The number of pyridine rings is 1. The summed E-state index contributed by atoms with van der Waals surface area (Å²) in [7, 11) is -4.09. The average Bonchev–Trinajstić information content (AvgIpc) is 3.60. The first-order valence-electron chi connectivity index (χ1n) is 10.9. The Morgan fingerprint density at radius 2 is 1.83 bits per heavy atom. The van der Waals surface area contributed by atoms with Crippen molar-refractivity contribution in [3.8, 4) is 11.1 Å². The second kappa shape index (κ2) is 8.78. The number of hydrogen-bond donors (Lipinski definition) is 3. The minimum Gasteiger partial charge on any atom is -0.345 e. The summed E-state index contributed by atoms with van der Waals surface area (Å²) in [5.41, 5.74) is 0.196. The molecular weight excluding hydrogens is 478 g/mol. The Hall–Kier alpha value is -3.77. The van der Waals surface area contributed by atoms with Crippen molar-refractivity contribution < 1.29 is 22.0 Å². The molecule has 0 amide bonds. The molecule has 5 rings (SSSR count). The molecule has 1 saturated carbocycles. The summed E-state index contributed by atoms with van der Waals surface area (Å²) in [6, 6.07) is 3.41. The highest BCUT2D eigenvalue weighted by atomic mass is 32.2. The van der Waals surface area contributed by atoms with Crippen molar-refractivity contribution in [1.29, 1.82) is 0 Å². The molecular formula is C23H20F2N6O3S. The molecule has 3 aromatic heterocycles. The number of halogens is 2. The predicted octanol–water partition coefficient (Wildman–Crippen LogP) is 3.67. The lowest BCUT2D eigenvalue weighted by Gasteiger charge is -2.12. The highest BCUT2D eigenvalue weighted by Crippen LogP contribution is 2.38. The Kier molecular flexibility index (Phi) is 5.77. The van der Waals surface area contributed by atoms with Crippen LogP contribution >= 0.6 is 0 Å². The van der Waals surface area contributed by atoms with Gasteiger partial charge in [-0.25, -0.2) is 23.7 Å². The van der Waals surface area contributed by atoms with E-state index < -0.39 is 38.9 Å². The molecule has 4 aromatic rings. The first-order chi connectivity index (χ1) is 16.8. The Labute approximate surface area is 199 Å². The third-order valence-electron chi connectivity index (χ3n) is 5.62. The van der Waals surface area contributed by atoms with Crippen LogP contribution in [0.2, 0.25) is 0 Å². The molecule has 0 radical (unpaired) electrons. The molecule has 0 bridgehead atoms. The highest BCUT2D eigenvalue weighted by Gasteiger charge is 2.27. The van der Waals surface area contributed by atoms with Gasteiger partial charge in [0.25, 0.3) is 10.2 Å². The number of nitrogens with zero attached hydrogens (tertiary/aromatic N) is 3. The molecule has 1 fully saturated rings. The summed E-state index contributed by atoms with van der Waals surface area (Å²) < 4.78 is 57.8. The van der Waals surface area contributed by atoms with E-state index in [1.54, 1.807) is 31.6 Å². The smallest absolute Gasteiger partial charge is 0.299 e. The number of carbonyl (C=O) groups excluding carboxylic acids is 1. The van der Waals surface area contributed by atoms with E-state index in [4.69, 9.17) is 0 Å². The van der Waals surface area contributed by atoms with Crippen LogP contribution in [-0.4, -0.2) is 40.7 Å². The van der Waals surface area contributed by atoms with E-state index in [1.807, 2.05) is 4.72 Å². The Morgan fingerprint density at radius 3 is 2.51 bits per heavy atom. The van der Waals surface area contributed by atoms with Crippen LogP contribution in [0.15, 0.2) is 43.0 Å². The number of anilines is 1. The first kappa shape index (κ1) is 23.0. The van der Waals surface area contributed by atoms with Crippen LogP contribution in [0.5, 0.6) is 0 Å². The number of carbonyl (C=O) groups is 1. The molecule has 0 unspecified atom stereocenters. The van der Waals surface area contributed by atoms with Gasteiger partial charge < -0.3 is 4.98 Å². The molecule has 3 heterocycles. The van der Waals surface area contributed by atoms with Crippen LogP contribution in [0, 0.1) is 11.6 Å². The number of nitrogens with one attached hydrogen (secondary N) is 3. The van der Waals surface area contributed by atoms with Gasteiger partial charge in [0, 0.05) is 59.3 Å². The fourth-order valence-electron chi connectivity index (χ4n) is 3.73. The van der Waals surface area contributed by atoms with Crippen LogP contribution in [-0.2, 0) is 10.2 Å². The Balaban J connectivity index is 1.52. The number of aromatic nitrogens is 4. The molecule has 0 spiro atoms. The summed E-state index contributed by atoms with van der Waals surface area (Å²) in [5, 5.41) is 0.344. The van der Waals surface area contributed by atoms with Crippen LogP contribution in [0.4, 0.5) is 14.5 Å². The van der Waals surface area contributed by atoms with Crippen molar-refractivity contribution in [2.24, 2.45) is 0 Å². The van der Waals surface area contributed by atoms with Gasteiger partial charge in [-0.05, 0) is 31.0 Å². The lowest BCUT2D eigenvalue weighted by molar-refractivity contribution is 0.103. The Bertz CT molecular complexity index is 1550. The zero-order valence-corrected chi connectivity index (χ0v) is 19.3. The second-order valence-electron chi connectivity index (χ2n) is 8.14. The first-order valence-corrected chi connectivity index (χ1v) is 12.3. The maximum absolute atomic E-state index is 15.1. The van der Waals surface area contributed by atoms with Gasteiger partial charge in [-0.1, -0.05) is 6.92 Å². The van der Waals surface area contributed by atoms with Gasteiger partial charge in [-0.3, -0.25) is 9.52 Å². The fraction of sp³-hybridized carbons (Fsp3) is 0.217. The van der Waals surface area contributed by atoms with Gasteiger partial charge in [-0.15, -0.1) is 0 Å². The summed E-state index contributed by atoms with van der Waals surface area (Å²) >= 11 is 0. The zero-order chi connectivity index (χ0) is 24.7. The van der Waals surface area contributed by atoms with Crippen molar-refractivity contribution in [3.05, 3.63) is 71.6 Å². The van der Waals surface area contributed by atoms with Gasteiger partial charge in [0.15, 0.2) is 5.82 Å². The monoisotopic (exact) mass is 498 g/mol. The molecule has 12 heteroatoms. The second-order valence-corrected chi connectivity index (χ2v) is 9.64. The molecule has 3 N–H and O–H groups in total. The molecule has 0 aliphatic heterocycles. The molecule has 1 aromatic carbocycles. The topological polar surface area (TPSA) is 130 Å². The largest absolute Gasteiger partial charge is 0.345 e. The van der Waals surface area contributed by atoms with Gasteiger partial charge in [-0.2, -0.15) is 13.1 Å². The van der Waals surface area contributed by atoms with Crippen LogP contribution in [0.1, 0.15) is 47.4 Å².